The van der Waals surface area contributed by atoms with Gasteiger partial charge in [0.15, 0.2) is 10.9 Å². The molecule has 0 radical (unpaired) electrons. The zero-order chi connectivity index (χ0) is 24.6. The Morgan fingerprint density at radius 1 is 0.361 bits per heavy atom. The van der Waals surface area contributed by atoms with Crippen molar-refractivity contribution < 1.29 is 0 Å². The fraction of sp³-hybridized carbons (Fsp3) is 0. The van der Waals surface area contributed by atoms with E-state index in [4.69, 9.17) is 0 Å². The van der Waals surface area contributed by atoms with Crippen LogP contribution in [0.2, 0.25) is 0 Å². The Bertz CT molecular complexity index is 2230. The summed E-state index contributed by atoms with van der Waals surface area (Å²) >= 11 is 15.1. The molecule has 0 fully saturated rings. The lowest BCUT2D eigenvalue weighted by Crippen LogP contribution is -2.07. The van der Waals surface area contributed by atoms with Gasteiger partial charge in [0.2, 0.25) is 0 Å². The highest BCUT2D eigenvalue weighted by Gasteiger charge is 2.26. The van der Waals surface area contributed by atoms with E-state index in [1.165, 1.54) is 0 Å². The van der Waals surface area contributed by atoms with Crippen molar-refractivity contribution in [2.75, 3.05) is 0 Å². The molecule has 0 saturated heterocycles. The van der Waals surface area contributed by atoms with Crippen molar-refractivity contribution in [3.63, 3.8) is 0 Å². The van der Waals surface area contributed by atoms with E-state index in [-0.39, 0.29) is 10.9 Å². The molecule has 0 aromatic heterocycles. The van der Waals surface area contributed by atoms with Crippen molar-refractivity contribution >= 4 is 139 Å². The summed E-state index contributed by atoms with van der Waals surface area (Å²) in [5, 5.41) is 12.5. The van der Waals surface area contributed by atoms with Gasteiger partial charge in [0, 0.05) is 61.0 Å². The lowest BCUT2D eigenvalue weighted by Gasteiger charge is -2.21. The summed E-state index contributed by atoms with van der Waals surface area (Å²) in [7, 11) is 0. The molecule has 8 aromatic carbocycles. The van der Waals surface area contributed by atoms with Gasteiger partial charge >= 0.3 is 0 Å². The predicted molar refractivity (Wildman–Crippen MR) is 166 cm³/mol. The second kappa shape index (κ2) is 7.13. The summed E-state index contributed by atoms with van der Waals surface area (Å²) in [6.07, 6.45) is 0. The molecule has 0 atom stereocenters. The third kappa shape index (κ3) is 2.38. The van der Waals surface area contributed by atoms with Crippen LogP contribution in [0.4, 0.5) is 0 Å². The van der Waals surface area contributed by atoms with Gasteiger partial charge in [-0.3, -0.25) is 9.59 Å². The van der Waals surface area contributed by atoms with Gasteiger partial charge in [-0.15, -0.1) is 0 Å². The molecule has 0 spiro atoms. The molecule has 0 saturated carbocycles. The maximum Gasteiger partial charge on any atom is 0.195 e. The first-order chi connectivity index (χ1) is 17.4. The molecule has 8 rings (SSSR count). The van der Waals surface area contributed by atoms with Crippen molar-refractivity contribution in [3.05, 3.63) is 99.0 Å². The van der Waals surface area contributed by atoms with Crippen molar-refractivity contribution in [1.82, 2.24) is 0 Å². The zero-order valence-electron chi connectivity index (χ0n) is 18.1. The van der Waals surface area contributed by atoms with Crippen LogP contribution in [0, 0.1) is 0 Å². The van der Waals surface area contributed by atoms with E-state index in [1.54, 1.807) is 0 Å². The molecular weight excluding hydrogens is 712 g/mol. The Morgan fingerprint density at radius 3 is 1.14 bits per heavy atom. The molecule has 0 aliphatic carbocycles. The van der Waals surface area contributed by atoms with Crippen LogP contribution < -0.4 is 10.9 Å². The number of hydrogen-bond donors (Lipinski definition) is 0. The third-order valence-corrected chi connectivity index (χ3v) is 10.6. The van der Waals surface area contributed by atoms with Gasteiger partial charge in [-0.2, -0.15) is 0 Å². The minimum absolute atomic E-state index is 0.00354. The first-order valence-electron chi connectivity index (χ1n) is 11.2. The Hall–Kier alpha value is -2.38. The molecule has 0 aliphatic rings. The van der Waals surface area contributed by atoms with Gasteiger partial charge < -0.3 is 0 Å². The van der Waals surface area contributed by atoms with Crippen molar-refractivity contribution in [1.29, 1.82) is 0 Å². The monoisotopic (exact) mass is 718 g/mol. The highest BCUT2D eigenvalue weighted by Crippen LogP contribution is 2.51. The molecular formula is C30H10Br4O2. The average Bonchev–Trinajstić information content (AvgIpc) is 2.87. The minimum atomic E-state index is 0.00354. The van der Waals surface area contributed by atoms with E-state index in [0.29, 0.717) is 21.5 Å². The van der Waals surface area contributed by atoms with Crippen molar-refractivity contribution in [3.8, 4) is 0 Å². The Morgan fingerprint density at radius 2 is 0.722 bits per heavy atom. The van der Waals surface area contributed by atoms with Crippen molar-refractivity contribution in [2.24, 2.45) is 0 Å². The molecule has 6 heteroatoms. The van der Waals surface area contributed by atoms with Crippen molar-refractivity contribution in [2.45, 2.75) is 0 Å². The zero-order valence-corrected chi connectivity index (χ0v) is 24.4. The molecule has 2 nitrogen and oxygen atoms in total. The van der Waals surface area contributed by atoms with Gasteiger partial charge in [-0.25, -0.2) is 0 Å². The average molecular weight is 722 g/mol. The van der Waals surface area contributed by atoms with Crippen LogP contribution >= 0.6 is 63.7 Å². The minimum Gasteiger partial charge on any atom is -0.289 e. The number of hydrogen-bond acceptors (Lipinski definition) is 2. The largest absolute Gasteiger partial charge is 0.289 e. The Labute approximate surface area is 236 Å². The molecule has 0 amide bonds. The van der Waals surface area contributed by atoms with E-state index >= 15 is 0 Å². The summed E-state index contributed by atoms with van der Waals surface area (Å²) in [4.78, 5) is 27.6. The summed E-state index contributed by atoms with van der Waals surface area (Å²) in [5.74, 6) is 0. The normalized spacial score (nSPS) is 12.7. The van der Waals surface area contributed by atoms with E-state index < -0.39 is 0 Å². The van der Waals surface area contributed by atoms with Gasteiger partial charge in [-0.05, 0) is 88.4 Å². The van der Waals surface area contributed by atoms with Gasteiger partial charge in [0.05, 0.1) is 0 Å². The molecule has 36 heavy (non-hydrogen) atoms. The number of fused-ring (bicyclic) bond motifs is 4. The fourth-order valence-electron chi connectivity index (χ4n) is 6.18. The highest BCUT2D eigenvalue weighted by molar-refractivity contribution is 9.11. The quantitative estimate of drug-likeness (QED) is 0.115. The van der Waals surface area contributed by atoms with Gasteiger partial charge in [-0.1, -0.05) is 68.3 Å². The molecule has 0 heterocycles. The topological polar surface area (TPSA) is 34.1 Å². The van der Waals surface area contributed by atoms with Crippen LogP contribution in [0.1, 0.15) is 0 Å². The fourth-order valence-corrected chi connectivity index (χ4v) is 8.76. The predicted octanol–water partition coefficient (Wildman–Crippen LogP) is 9.84. The van der Waals surface area contributed by atoms with E-state index in [0.717, 1.165) is 71.8 Å². The molecule has 0 unspecified atom stereocenters. The second-order valence-corrected chi connectivity index (χ2v) is 12.5. The number of benzene rings is 8. The van der Waals surface area contributed by atoms with Crippen LogP contribution in [0.5, 0.6) is 0 Å². The number of rotatable bonds is 0. The van der Waals surface area contributed by atoms with Crippen LogP contribution in [-0.2, 0) is 0 Å². The summed E-state index contributed by atoms with van der Waals surface area (Å²) in [6, 6.07) is 19.7. The lowest BCUT2D eigenvalue weighted by molar-refractivity contribution is 1.68. The van der Waals surface area contributed by atoms with Crippen LogP contribution in [-0.4, -0.2) is 0 Å². The lowest BCUT2D eigenvalue weighted by atomic mass is 9.84. The van der Waals surface area contributed by atoms with Crippen LogP contribution in [0.15, 0.2) is 88.1 Å². The van der Waals surface area contributed by atoms with E-state index in [1.807, 2.05) is 60.7 Å². The Kier molecular flexibility index (Phi) is 4.30. The second-order valence-electron chi connectivity index (χ2n) is 9.18. The molecule has 0 aliphatic heterocycles. The van der Waals surface area contributed by atoms with E-state index in [2.05, 4.69) is 63.7 Å². The smallest absolute Gasteiger partial charge is 0.195 e. The maximum atomic E-state index is 13.8. The van der Waals surface area contributed by atoms with Gasteiger partial charge in [0.1, 0.15) is 0 Å². The highest BCUT2D eigenvalue weighted by atomic mass is 79.9. The molecule has 0 bridgehead atoms. The Balaban J connectivity index is 1.84. The first-order valence-corrected chi connectivity index (χ1v) is 14.4. The van der Waals surface area contributed by atoms with Crippen LogP contribution in [0.3, 0.4) is 0 Å². The summed E-state index contributed by atoms with van der Waals surface area (Å²) < 4.78 is 3.44. The first kappa shape index (κ1) is 21.7. The standard InChI is InChI=1S/C30H10Br4O2/c31-17-5-1-3-11-19(17)29(35)15-9-8-14-21-22-13(27(33)25(11)23(15)21)7-10-16-24(22)26(28(14)34)12-4-2-6-18(32)20(12)30(16)36/h1-10H. The van der Waals surface area contributed by atoms with E-state index in [9.17, 15) is 9.59 Å². The molecule has 170 valence electrons. The third-order valence-electron chi connectivity index (χ3n) is 7.58. The summed E-state index contributed by atoms with van der Waals surface area (Å²) in [6.45, 7) is 0. The number of halogens is 4. The SMILES string of the molecule is O=c1c2ccc3c(Br)c4c5cccc(Br)c5c(=O)c5ccc6c(Br)c(c7cccc(Br)c17)c2c3c6c54. The van der Waals surface area contributed by atoms with Crippen LogP contribution in [0.25, 0.3) is 75.4 Å². The van der Waals surface area contributed by atoms with Gasteiger partial charge in [0.25, 0.3) is 0 Å². The molecule has 0 N–H and O–H groups in total. The molecule has 8 aromatic rings. The summed E-state index contributed by atoms with van der Waals surface area (Å²) in [5.41, 5.74) is 0.00708. The maximum absolute atomic E-state index is 13.8.